The lowest BCUT2D eigenvalue weighted by Gasteiger charge is -2.45. The number of hydrogen-bond acceptors (Lipinski definition) is 3. The minimum atomic E-state index is 0.218. The molecule has 0 radical (unpaired) electrons. The van der Waals surface area contributed by atoms with Crippen LogP contribution in [0, 0.1) is 6.92 Å². The van der Waals surface area contributed by atoms with E-state index in [1.165, 1.54) is 22.3 Å². The van der Waals surface area contributed by atoms with Gasteiger partial charge in [-0.2, -0.15) is 0 Å². The highest BCUT2D eigenvalue weighted by Gasteiger charge is 2.40. The average Bonchev–Trinajstić information content (AvgIpc) is 2.79. The summed E-state index contributed by atoms with van der Waals surface area (Å²) in [6.45, 7) is 4.83. The van der Waals surface area contributed by atoms with Gasteiger partial charge in [0, 0.05) is 31.5 Å². The van der Waals surface area contributed by atoms with Gasteiger partial charge in [0.2, 0.25) is 0 Å². The summed E-state index contributed by atoms with van der Waals surface area (Å²) in [6.07, 6.45) is 2.08. The van der Waals surface area contributed by atoms with Crippen molar-refractivity contribution in [2.45, 2.75) is 38.3 Å². The van der Waals surface area contributed by atoms with Crippen LogP contribution >= 0.6 is 0 Å². The third-order valence-corrected chi connectivity index (χ3v) is 6.42. The molecule has 3 aromatic carbocycles. The maximum absolute atomic E-state index is 5.88. The molecule has 0 N–H and O–H groups in total. The Labute approximate surface area is 179 Å². The van der Waals surface area contributed by atoms with Crippen molar-refractivity contribution in [3.05, 3.63) is 107 Å². The predicted molar refractivity (Wildman–Crippen MR) is 122 cm³/mol. The molecule has 2 atom stereocenters. The van der Waals surface area contributed by atoms with Gasteiger partial charge in [-0.1, -0.05) is 89.6 Å². The fourth-order valence-corrected chi connectivity index (χ4v) is 4.99. The normalized spacial score (nSPS) is 22.4. The van der Waals surface area contributed by atoms with Gasteiger partial charge < -0.3 is 4.84 Å². The molecule has 1 saturated heterocycles. The summed E-state index contributed by atoms with van der Waals surface area (Å²) in [5.74, 6) is 0.218. The zero-order valence-corrected chi connectivity index (χ0v) is 17.5. The number of piperidine rings is 1. The minimum absolute atomic E-state index is 0.218. The van der Waals surface area contributed by atoms with E-state index in [2.05, 4.69) is 72.5 Å². The Bertz CT molecular complexity index is 1040. The second kappa shape index (κ2) is 8.45. The van der Waals surface area contributed by atoms with Crippen molar-refractivity contribution in [2.24, 2.45) is 5.16 Å². The summed E-state index contributed by atoms with van der Waals surface area (Å²) in [5, 5.41) is 4.72. The number of oxime groups is 1. The molecule has 2 aliphatic heterocycles. The molecule has 2 aliphatic rings. The molecule has 3 nitrogen and oxygen atoms in total. The van der Waals surface area contributed by atoms with E-state index in [0.29, 0.717) is 12.6 Å². The van der Waals surface area contributed by atoms with Crippen molar-refractivity contribution in [2.75, 3.05) is 13.1 Å². The van der Waals surface area contributed by atoms with Crippen LogP contribution in [0.3, 0.4) is 0 Å². The summed E-state index contributed by atoms with van der Waals surface area (Å²) in [7, 11) is 0. The Morgan fingerprint density at radius 3 is 2.57 bits per heavy atom. The first-order valence-electron chi connectivity index (χ1n) is 10.9. The number of benzene rings is 3. The zero-order valence-electron chi connectivity index (χ0n) is 17.5. The van der Waals surface area contributed by atoms with Crippen molar-refractivity contribution >= 4 is 5.71 Å². The van der Waals surface area contributed by atoms with Crippen molar-refractivity contribution in [3.63, 3.8) is 0 Å². The minimum Gasteiger partial charge on any atom is -0.391 e. The predicted octanol–water partition coefficient (Wildman–Crippen LogP) is 5.65. The Kier molecular flexibility index (Phi) is 5.37. The highest BCUT2D eigenvalue weighted by Crippen LogP contribution is 2.44. The first kappa shape index (κ1) is 19.1. The number of fused-ring (bicyclic) bond motifs is 3. The fraction of sp³-hybridized carbons (Fsp3) is 0.296. The molecule has 5 rings (SSSR count). The first-order chi connectivity index (χ1) is 14.8. The second-order valence-electron chi connectivity index (χ2n) is 8.41. The van der Waals surface area contributed by atoms with Crippen LogP contribution in [0.15, 0.2) is 84.0 Å². The van der Waals surface area contributed by atoms with Crippen LogP contribution in [0.5, 0.6) is 0 Å². The second-order valence-corrected chi connectivity index (χ2v) is 8.41. The van der Waals surface area contributed by atoms with Gasteiger partial charge in [-0.05, 0) is 35.6 Å². The molecule has 152 valence electrons. The van der Waals surface area contributed by atoms with Crippen molar-refractivity contribution in [1.29, 1.82) is 0 Å². The van der Waals surface area contributed by atoms with Crippen molar-refractivity contribution in [1.82, 2.24) is 4.90 Å². The maximum atomic E-state index is 5.88. The van der Waals surface area contributed by atoms with Gasteiger partial charge in [0.25, 0.3) is 0 Å². The van der Waals surface area contributed by atoms with Crippen molar-refractivity contribution in [3.8, 4) is 0 Å². The Morgan fingerprint density at radius 2 is 1.70 bits per heavy atom. The molecule has 0 bridgehead atoms. The maximum Gasteiger partial charge on any atom is 0.142 e. The van der Waals surface area contributed by atoms with Crippen LogP contribution in [0.1, 0.15) is 46.2 Å². The van der Waals surface area contributed by atoms with Crippen LogP contribution in [-0.2, 0) is 17.9 Å². The molecule has 0 spiro atoms. The quantitative estimate of drug-likeness (QED) is 0.532. The summed E-state index contributed by atoms with van der Waals surface area (Å²) in [5.41, 5.74) is 7.86. The Morgan fingerprint density at radius 1 is 0.900 bits per heavy atom. The molecular weight excluding hydrogens is 368 g/mol. The average molecular weight is 397 g/mol. The lowest BCUT2D eigenvalue weighted by molar-refractivity contribution is 0.118. The highest BCUT2D eigenvalue weighted by molar-refractivity contribution is 5.92. The molecule has 2 heterocycles. The molecular formula is C27H28N2O. The van der Waals surface area contributed by atoms with E-state index < -0.39 is 0 Å². The van der Waals surface area contributed by atoms with Crippen LogP contribution in [-0.4, -0.2) is 23.7 Å². The summed E-state index contributed by atoms with van der Waals surface area (Å²) < 4.78 is 0. The summed E-state index contributed by atoms with van der Waals surface area (Å²) >= 11 is 0. The molecule has 30 heavy (non-hydrogen) atoms. The van der Waals surface area contributed by atoms with Gasteiger partial charge in [-0.25, -0.2) is 0 Å². The molecule has 1 fully saturated rings. The molecule has 3 heteroatoms. The standard InChI is InChI=1S/C27H28N2O/c1-20-8-7-12-23(18-20)26-25(28-30-19-21-9-3-2-4-10-21)15-17-29-16-14-22-11-5-6-13-24(22)27(26)29/h2-13,18,26-27H,14-17,19H2,1H3. The van der Waals surface area contributed by atoms with Gasteiger partial charge in [0.15, 0.2) is 0 Å². The van der Waals surface area contributed by atoms with Gasteiger partial charge in [0.05, 0.1) is 5.71 Å². The smallest absolute Gasteiger partial charge is 0.142 e. The van der Waals surface area contributed by atoms with E-state index in [1.807, 2.05) is 18.2 Å². The van der Waals surface area contributed by atoms with Crippen LogP contribution in [0.4, 0.5) is 0 Å². The van der Waals surface area contributed by atoms with Gasteiger partial charge in [-0.3, -0.25) is 4.90 Å². The molecule has 3 aromatic rings. The third-order valence-electron chi connectivity index (χ3n) is 6.42. The number of rotatable bonds is 4. The molecule has 0 saturated carbocycles. The highest BCUT2D eigenvalue weighted by atomic mass is 16.6. The van der Waals surface area contributed by atoms with E-state index in [-0.39, 0.29) is 5.92 Å². The first-order valence-corrected chi connectivity index (χ1v) is 10.9. The van der Waals surface area contributed by atoms with Gasteiger partial charge >= 0.3 is 0 Å². The lowest BCUT2D eigenvalue weighted by Crippen LogP contribution is -2.46. The summed E-state index contributed by atoms with van der Waals surface area (Å²) in [4.78, 5) is 8.52. The molecule has 0 amide bonds. The summed E-state index contributed by atoms with van der Waals surface area (Å²) in [6, 6.07) is 28.4. The molecule has 2 unspecified atom stereocenters. The number of hydrogen-bond donors (Lipinski definition) is 0. The number of aryl methyl sites for hydroxylation is 1. The number of nitrogens with zero attached hydrogens (tertiary/aromatic N) is 2. The SMILES string of the molecule is Cc1cccc(C2C(=NOCc3ccccc3)CCN3CCc4ccccc4C23)c1. The van der Waals surface area contributed by atoms with E-state index in [0.717, 1.165) is 37.2 Å². The van der Waals surface area contributed by atoms with E-state index in [1.54, 1.807) is 0 Å². The third kappa shape index (κ3) is 3.78. The lowest BCUT2D eigenvalue weighted by atomic mass is 9.75. The Hall–Kier alpha value is -2.91. The van der Waals surface area contributed by atoms with Crippen LogP contribution in [0.2, 0.25) is 0 Å². The van der Waals surface area contributed by atoms with E-state index in [9.17, 15) is 0 Å². The van der Waals surface area contributed by atoms with Gasteiger partial charge in [-0.15, -0.1) is 0 Å². The fourth-order valence-electron chi connectivity index (χ4n) is 4.99. The van der Waals surface area contributed by atoms with Crippen LogP contribution < -0.4 is 0 Å². The largest absolute Gasteiger partial charge is 0.391 e. The van der Waals surface area contributed by atoms with E-state index in [4.69, 9.17) is 9.99 Å². The monoisotopic (exact) mass is 396 g/mol. The van der Waals surface area contributed by atoms with Gasteiger partial charge in [0.1, 0.15) is 6.61 Å². The van der Waals surface area contributed by atoms with E-state index >= 15 is 0 Å². The topological polar surface area (TPSA) is 24.8 Å². The zero-order chi connectivity index (χ0) is 20.3. The molecule has 0 aromatic heterocycles. The molecule has 0 aliphatic carbocycles. The van der Waals surface area contributed by atoms with Crippen LogP contribution in [0.25, 0.3) is 0 Å². The Balaban J connectivity index is 1.51. The van der Waals surface area contributed by atoms with Crippen molar-refractivity contribution < 1.29 is 4.84 Å².